The standard InChI is InChI=1S/C25H31NO/c1-18(2)10-8-11-19(3)12-9-13-20(4)16-17-22-21(5)26-24-15-7-6-14-23(24)25(22)27/h6-7,9-10,12-16H,8,11,17H2,1-5H3,(H,26,27). The Labute approximate surface area is 163 Å². The molecule has 1 aromatic heterocycles. The molecular weight excluding hydrogens is 330 g/mol. The van der Waals surface area contributed by atoms with E-state index in [4.69, 9.17) is 0 Å². The molecule has 2 nitrogen and oxygen atoms in total. The summed E-state index contributed by atoms with van der Waals surface area (Å²) in [5.74, 6) is 0. The number of nitrogens with one attached hydrogen (secondary N) is 1. The molecular formula is C25H31NO. The maximum Gasteiger partial charge on any atom is 0.193 e. The quantitative estimate of drug-likeness (QED) is 0.439. The SMILES string of the molecule is CC(C)=CCCC(C)=CC=CC(C)=CCc1c(C)[nH]c2ccccc2c1=O. The zero-order chi connectivity index (χ0) is 19.8. The van der Waals surface area contributed by atoms with E-state index in [-0.39, 0.29) is 5.43 Å². The highest BCUT2D eigenvalue weighted by Crippen LogP contribution is 2.12. The van der Waals surface area contributed by atoms with E-state index in [0.29, 0.717) is 6.42 Å². The molecule has 0 spiro atoms. The van der Waals surface area contributed by atoms with E-state index in [0.717, 1.165) is 40.6 Å². The minimum Gasteiger partial charge on any atom is -0.358 e. The van der Waals surface area contributed by atoms with Gasteiger partial charge in [-0.05, 0) is 66.0 Å². The highest BCUT2D eigenvalue weighted by atomic mass is 16.1. The summed E-state index contributed by atoms with van der Waals surface area (Å²) in [5, 5.41) is 0.759. The number of pyridine rings is 1. The summed E-state index contributed by atoms with van der Waals surface area (Å²) in [5.41, 5.74) is 6.73. The Bertz CT molecular complexity index is 963. The van der Waals surface area contributed by atoms with Crippen LogP contribution in [0.15, 0.2) is 76.2 Å². The second-order valence-corrected chi connectivity index (χ2v) is 7.45. The molecule has 0 aliphatic heterocycles. The second kappa shape index (κ2) is 9.91. The van der Waals surface area contributed by atoms with Gasteiger partial charge in [-0.2, -0.15) is 0 Å². The lowest BCUT2D eigenvalue weighted by Crippen LogP contribution is -2.12. The fraction of sp³-hybridized carbons (Fsp3) is 0.320. The van der Waals surface area contributed by atoms with Crippen LogP contribution in [0, 0.1) is 6.92 Å². The van der Waals surface area contributed by atoms with Crippen molar-refractivity contribution in [2.24, 2.45) is 0 Å². The fourth-order valence-corrected chi connectivity index (χ4v) is 3.01. The summed E-state index contributed by atoms with van der Waals surface area (Å²) in [6, 6.07) is 7.69. The van der Waals surface area contributed by atoms with Gasteiger partial charge in [0.2, 0.25) is 0 Å². The molecule has 142 valence electrons. The third kappa shape index (κ3) is 6.25. The van der Waals surface area contributed by atoms with Crippen LogP contribution in [0.3, 0.4) is 0 Å². The first-order chi connectivity index (χ1) is 12.9. The van der Waals surface area contributed by atoms with Gasteiger partial charge in [-0.25, -0.2) is 0 Å². The van der Waals surface area contributed by atoms with E-state index >= 15 is 0 Å². The fourth-order valence-electron chi connectivity index (χ4n) is 3.01. The minimum atomic E-state index is 0.130. The van der Waals surface area contributed by atoms with Crippen LogP contribution in [0.1, 0.15) is 51.8 Å². The number of benzene rings is 1. The molecule has 2 rings (SSSR count). The molecule has 0 radical (unpaired) electrons. The number of fused-ring (bicyclic) bond motifs is 1. The molecule has 1 heterocycles. The Kier molecular flexibility index (Phi) is 7.60. The van der Waals surface area contributed by atoms with E-state index in [9.17, 15) is 4.79 Å². The average molecular weight is 362 g/mol. The van der Waals surface area contributed by atoms with Crippen molar-refractivity contribution in [3.8, 4) is 0 Å². The van der Waals surface area contributed by atoms with Crippen LogP contribution in [-0.2, 0) is 6.42 Å². The number of aromatic nitrogens is 1. The smallest absolute Gasteiger partial charge is 0.193 e. The van der Waals surface area contributed by atoms with E-state index in [1.165, 1.54) is 11.1 Å². The molecule has 0 fully saturated rings. The molecule has 0 bridgehead atoms. The topological polar surface area (TPSA) is 32.9 Å². The number of rotatable bonds is 7. The first-order valence-corrected chi connectivity index (χ1v) is 9.63. The number of aryl methyl sites for hydroxylation is 1. The normalized spacial score (nSPS) is 12.8. The van der Waals surface area contributed by atoms with Crippen LogP contribution in [0.4, 0.5) is 0 Å². The molecule has 0 aliphatic carbocycles. The predicted octanol–water partition coefficient (Wildman–Crippen LogP) is 6.57. The van der Waals surface area contributed by atoms with Gasteiger partial charge in [-0.15, -0.1) is 0 Å². The van der Waals surface area contributed by atoms with Crippen molar-refractivity contribution in [1.29, 1.82) is 0 Å². The first kappa shape index (κ1) is 20.7. The van der Waals surface area contributed by atoms with Gasteiger partial charge in [0.05, 0.1) is 0 Å². The maximum atomic E-state index is 12.7. The minimum absolute atomic E-state index is 0.130. The van der Waals surface area contributed by atoms with Crippen molar-refractivity contribution in [2.45, 2.75) is 53.9 Å². The largest absolute Gasteiger partial charge is 0.358 e. The average Bonchev–Trinajstić information content (AvgIpc) is 2.61. The Morgan fingerprint density at radius 2 is 1.81 bits per heavy atom. The second-order valence-electron chi connectivity index (χ2n) is 7.45. The van der Waals surface area contributed by atoms with Gasteiger partial charge in [0.25, 0.3) is 0 Å². The maximum absolute atomic E-state index is 12.7. The third-order valence-electron chi connectivity index (χ3n) is 4.68. The molecule has 0 saturated carbocycles. The number of aromatic amines is 1. The number of hydrogen-bond donors (Lipinski definition) is 1. The van der Waals surface area contributed by atoms with Gasteiger partial charge in [0.1, 0.15) is 0 Å². The number of hydrogen-bond acceptors (Lipinski definition) is 1. The van der Waals surface area contributed by atoms with Crippen molar-refractivity contribution < 1.29 is 0 Å². The molecule has 0 aliphatic rings. The van der Waals surface area contributed by atoms with E-state index < -0.39 is 0 Å². The molecule has 0 amide bonds. The van der Waals surface area contributed by atoms with Crippen molar-refractivity contribution in [3.05, 3.63) is 92.8 Å². The van der Waals surface area contributed by atoms with Gasteiger partial charge in [-0.3, -0.25) is 4.79 Å². The van der Waals surface area contributed by atoms with Crippen LogP contribution in [0.5, 0.6) is 0 Å². The molecule has 2 heteroatoms. The summed E-state index contributed by atoms with van der Waals surface area (Å²) in [6.45, 7) is 10.5. The highest BCUT2D eigenvalue weighted by Gasteiger charge is 2.07. The van der Waals surface area contributed by atoms with Crippen LogP contribution >= 0.6 is 0 Å². The van der Waals surface area contributed by atoms with Crippen molar-refractivity contribution in [2.75, 3.05) is 0 Å². The van der Waals surface area contributed by atoms with E-state index in [1.807, 2.05) is 31.2 Å². The summed E-state index contributed by atoms with van der Waals surface area (Å²) < 4.78 is 0. The van der Waals surface area contributed by atoms with E-state index in [1.54, 1.807) is 0 Å². The summed E-state index contributed by atoms with van der Waals surface area (Å²) in [6.07, 6.45) is 13.6. The monoisotopic (exact) mass is 361 g/mol. The third-order valence-corrected chi connectivity index (χ3v) is 4.68. The summed E-state index contributed by atoms with van der Waals surface area (Å²) in [7, 11) is 0. The van der Waals surface area contributed by atoms with Gasteiger partial charge >= 0.3 is 0 Å². The Balaban J connectivity index is 2.06. The molecule has 1 N–H and O–H groups in total. The lowest BCUT2D eigenvalue weighted by molar-refractivity contribution is 0.967. The van der Waals surface area contributed by atoms with Crippen LogP contribution in [0.25, 0.3) is 10.9 Å². The van der Waals surface area contributed by atoms with E-state index in [2.05, 4.69) is 63.1 Å². The van der Waals surface area contributed by atoms with Crippen LogP contribution in [-0.4, -0.2) is 4.98 Å². The molecule has 27 heavy (non-hydrogen) atoms. The number of allylic oxidation sites excluding steroid dienone is 8. The van der Waals surface area contributed by atoms with Gasteiger partial charge in [0.15, 0.2) is 5.43 Å². The number of para-hydroxylation sites is 1. The molecule has 0 saturated heterocycles. The van der Waals surface area contributed by atoms with Gasteiger partial charge < -0.3 is 4.98 Å². The molecule has 2 aromatic rings. The Morgan fingerprint density at radius 3 is 2.56 bits per heavy atom. The lowest BCUT2D eigenvalue weighted by atomic mass is 10.0. The summed E-state index contributed by atoms with van der Waals surface area (Å²) >= 11 is 0. The summed E-state index contributed by atoms with van der Waals surface area (Å²) in [4.78, 5) is 16.1. The Morgan fingerprint density at radius 1 is 1.07 bits per heavy atom. The molecule has 0 atom stereocenters. The zero-order valence-corrected chi connectivity index (χ0v) is 17.2. The highest BCUT2D eigenvalue weighted by molar-refractivity contribution is 5.79. The van der Waals surface area contributed by atoms with Crippen LogP contribution < -0.4 is 5.43 Å². The van der Waals surface area contributed by atoms with Gasteiger partial charge in [0, 0.05) is 22.2 Å². The van der Waals surface area contributed by atoms with Crippen molar-refractivity contribution in [1.82, 2.24) is 4.98 Å². The van der Waals surface area contributed by atoms with Crippen LogP contribution in [0.2, 0.25) is 0 Å². The van der Waals surface area contributed by atoms with Crippen molar-refractivity contribution in [3.63, 3.8) is 0 Å². The zero-order valence-electron chi connectivity index (χ0n) is 17.2. The Hall–Kier alpha value is -2.61. The van der Waals surface area contributed by atoms with Crippen molar-refractivity contribution >= 4 is 10.9 Å². The molecule has 1 aromatic carbocycles. The van der Waals surface area contributed by atoms with Gasteiger partial charge in [-0.1, -0.05) is 59.2 Å². The lowest BCUT2D eigenvalue weighted by Gasteiger charge is -2.06. The first-order valence-electron chi connectivity index (χ1n) is 9.63. The molecule has 0 unspecified atom stereocenters. The number of H-pyrrole nitrogens is 1. The predicted molar refractivity (Wildman–Crippen MR) is 118 cm³/mol.